The summed E-state index contributed by atoms with van der Waals surface area (Å²) < 4.78 is 0.956. The number of carbonyl (C=O) groups excluding carboxylic acids is 3. The second-order valence-corrected chi connectivity index (χ2v) is 7.57. The topological polar surface area (TPSA) is 67.3 Å². The molecule has 2 bridgehead atoms. The van der Waals surface area contributed by atoms with Crippen molar-refractivity contribution in [3.63, 3.8) is 0 Å². The Labute approximate surface area is 136 Å². The van der Waals surface area contributed by atoms with E-state index in [0.29, 0.717) is 12.1 Å². The molecule has 1 saturated heterocycles. The Morgan fingerprint density at radius 3 is 2.74 bits per heavy atom. The van der Waals surface area contributed by atoms with Crippen LogP contribution in [-0.2, 0) is 14.4 Å². The van der Waals surface area contributed by atoms with Gasteiger partial charge in [-0.1, -0.05) is 0 Å². The van der Waals surface area contributed by atoms with E-state index < -0.39 is 5.92 Å². The van der Waals surface area contributed by atoms with Crippen LogP contribution < -0.4 is 4.90 Å². The summed E-state index contributed by atoms with van der Waals surface area (Å²) in [6.07, 6.45) is 2.11. The number of hydrogen-bond acceptors (Lipinski definition) is 5. The molecule has 4 unspecified atom stereocenters. The number of nitrogens with zero attached hydrogens (tertiary/aromatic N) is 2. The van der Waals surface area contributed by atoms with Crippen molar-refractivity contribution >= 4 is 44.8 Å². The minimum Gasteiger partial charge on any atom is -0.299 e. The molecule has 4 aliphatic rings. The molecule has 1 aromatic carbocycles. The van der Waals surface area contributed by atoms with Crippen LogP contribution in [0.3, 0.4) is 0 Å². The molecule has 6 rings (SSSR count). The number of benzene rings is 1. The minimum atomic E-state index is -0.431. The van der Waals surface area contributed by atoms with Gasteiger partial charge < -0.3 is 0 Å². The van der Waals surface area contributed by atoms with E-state index in [1.165, 1.54) is 16.2 Å². The maximum atomic E-state index is 12.9. The highest BCUT2D eigenvalue weighted by molar-refractivity contribution is 7.16. The summed E-state index contributed by atoms with van der Waals surface area (Å²) in [5, 5.41) is 0. The van der Waals surface area contributed by atoms with E-state index in [1.807, 2.05) is 12.1 Å². The van der Waals surface area contributed by atoms with E-state index in [4.69, 9.17) is 0 Å². The van der Waals surface area contributed by atoms with Crippen molar-refractivity contribution in [3.05, 3.63) is 23.7 Å². The summed E-state index contributed by atoms with van der Waals surface area (Å²) >= 11 is 1.49. The lowest BCUT2D eigenvalue weighted by atomic mass is 9.59. The first-order valence-corrected chi connectivity index (χ1v) is 8.77. The lowest BCUT2D eigenvalue weighted by Crippen LogP contribution is -2.46. The van der Waals surface area contributed by atoms with E-state index in [0.717, 1.165) is 23.1 Å². The zero-order chi connectivity index (χ0) is 15.7. The van der Waals surface area contributed by atoms with Crippen LogP contribution in [-0.4, -0.2) is 22.6 Å². The van der Waals surface area contributed by atoms with Gasteiger partial charge in [-0.3, -0.25) is 14.4 Å². The number of amides is 2. The third-order valence-corrected chi connectivity index (χ3v) is 6.43. The highest BCUT2D eigenvalue weighted by Crippen LogP contribution is 2.52. The van der Waals surface area contributed by atoms with Gasteiger partial charge >= 0.3 is 0 Å². The number of hydrogen-bond donors (Lipinski definition) is 0. The normalized spacial score (nSPS) is 32.9. The number of carbonyl (C=O) groups is 3. The highest BCUT2D eigenvalue weighted by atomic mass is 32.1. The Bertz CT molecular complexity index is 874. The number of rotatable bonds is 1. The van der Waals surface area contributed by atoms with Crippen LogP contribution in [0.5, 0.6) is 0 Å². The average molecular weight is 326 g/mol. The first-order chi connectivity index (χ1) is 11.1. The summed E-state index contributed by atoms with van der Waals surface area (Å²) in [6.45, 7) is 0. The zero-order valence-corrected chi connectivity index (χ0v) is 13.1. The third-order valence-electron chi connectivity index (χ3n) is 5.64. The average Bonchev–Trinajstić information content (AvgIpc) is 3.11. The summed E-state index contributed by atoms with van der Waals surface area (Å²) in [6, 6.07) is 5.46. The van der Waals surface area contributed by atoms with Gasteiger partial charge in [-0.05, 0) is 37.0 Å². The standard InChI is InChI=1S/C17H14N2O3S/c20-12-5-8-1-3-10(12)15-14(8)16(21)19(17(15)22)9-2-4-11-13(6-9)23-7-18-11/h2,4,6-8,10,14-15H,1,3,5H2. The molecule has 23 heavy (non-hydrogen) atoms. The van der Waals surface area contributed by atoms with Crippen LogP contribution in [0.15, 0.2) is 23.7 Å². The molecular formula is C17H14N2O3S. The molecule has 6 heteroatoms. The van der Waals surface area contributed by atoms with Gasteiger partial charge in [0, 0.05) is 12.3 Å². The molecule has 1 aliphatic heterocycles. The molecule has 0 N–H and O–H groups in total. The number of Topliss-reactive ketones (excluding diaryl/α,β-unsaturated/α-hetero) is 1. The molecule has 2 aromatic rings. The number of aromatic nitrogens is 1. The fourth-order valence-corrected chi connectivity index (χ4v) is 5.33. The predicted octanol–water partition coefficient (Wildman–Crippen LogP) is 2.40. The van der Waals surface area contributed by atoms with Crippen LogP contribution in [0, 0.1) is 23.7 Å². The minimum absolute atomic E-state index is 0.0473. The van der Waals surface area contributed by atoms with Crippen molar-refractivity contribution in [1.82, 2.24) is 4.98 Å². The summed E-state index contributed by atoms with van der Waals surface area (Å²) in [5.74, 6) is -1.07. The van der Waals surface area contributed by atoms with E-state index in [2.05, 4.69) is 4.98 Å². The molecule has 3 aliphatic carbocycles. The Morgan fingerprint density at radius 2 is 1.91 bits per heavy atom. The second kappa shape index (κ2) is 4.47. The van der Waals surface area contributed by atoms with Gasteiger partial charge in [0.25, 0.3) is 0 Å². The smallest absolute Gasteiger partial charge is 0.238 e. The number of fused-ring (bicyclic) bond motifs is 3. The van der Waals surface area contributed by atoms with Crippen molar-refractivity contribution in [2.75, 3.05) is 4.90 Å². The quantitative estimate of drug-likeness (QED) is 0.755. The second-order valence-electron chi connectivity index (χ2n) is 6.68. The van der Waals surface area contributed by atoms with Gasteiger partial charge in [-0.2, -0.15) is 0 Å². The van der Waals surface area contributed by atoms with Gasteiger partial charge in [0.05, 0.1) is 33.3 Å². The largest absolute Gasteiger partial charge is 0.299 e. The molecule has 4 atom stereocenters. The molecule has 116 valence electrons. The van der Waals surface area contributed by atoms with E-state index in [1.54, 1.807) is 11.6 Å². The molecule has 2 heterocycles. The predicted molar refractivity (Wildman–Crippen MR) is 84.9 cm³/mol. The van der Waals surface area contributed by atoms with Crippen molar-refractivity contribution in [2.45, 2.75) is 19.3 Å². The van der Waals surface area contributed by atoms with Crippen LogP contribution in [0.2, 0.25) is 0 Å². The first-order valence-electron chi connectivity index (χ1n) is 7.89. The van der Waals surface area contributed by atoms with Gasteiger partial charge in [0.2, 0.25) is 11.8 Å². The van der Waals surface area contributed by atoms with Crippen molar-refractivity contribution in [2.24, 2.45) is 23.7 Å². The van der Waals surface area contributed by atoms with Crippen LogP contribution in [0.25, 0.3) is 10.2 Å². The summed E-state index contributed by atoms with van der Waals surface area (Å²) in [7, 11) is 0. The van der Waals surface area contributed by atoms with Crippen molar-refractivity contribution < 1.29 is 14.4 Å². The lowest BCUT2D eigenvalue weighted by Gasteiger charge is -2.41. The van der Waals surface area contributed by atoms with Crippen LogP contribution in [0.1, 0.15) is 19.3 Å². The Hall–Kier alpha value is -2.08. The number of ketones is 1. The highest BCUT2D eigenvalue weighted by Gasteiger charge is 2.60. The van der Waals surface area contributed by atoms with Crippen molar-refractivity contribution in [3.8, 4) is 0 Å². The van der Waals surface area contributed by atoms with Crippen molar-refractivity contribution in [1.29, 1.82) is 0 Å². The first kappa shape index (κ1) is 13.4. The van der Waals surface area contributed by atoms with Gasteiger partial charge in [0.1, 0.15) is 5.78 Å². The maximum Gasteiger partial charge on any atom is 0.238 e. The Kier molecular flexibility index (Phi) is 2.60. The number of imide groups is 1. The molecular weight excluding hydrogens is 312 g/mol. The number of thiazole rings is 1. The van der Waals surface area contributed by atoms with Gasteiger partial charge in [-0.25, -0.2) is 9.88 Å². The van der Waals surface area contributed by atoms with Gasteiger partial charge in [-0.15, -0.1) is 11.3 Å². The molecule has 3 saturated carbocycles. The van der Waals surface area contributed by atoms with E-state index in [9.17, 15) is 14.4 Å². The molecule has 0 radical (unpaired) electrons. The molecule has 2 amide bonds. The SMILES string of the molecule is O=C1CC2CCC1C1C(=O)N(c3ccc4ncsc4c3)C(=O)C21. The van der Waals surface area contributed by atoms with Crippen LogP contribution in [0.4, 0.5) is 5.69 Å². The summed E-state index contributed by atoms with van der Waals surface area (Å²) in [5.41, 5.74) is 3.23. The number of anilines is 1. The monoisotopic (exact) mass is 326 g/mol. The third kappa shape index (κ3) is 1.67. The molecule has 5 nitrogen and oxygen atoms in total. The zero-order valence-electron chi connectivity index (χ0n) is 12.3. The summed E-state index contributed by atoms with van der Waals surface area (Å²) in [4.78, 5) is 43.5. The maximum absolute atomic E-state index is 12.9. The van der Waals surface area contributed by atoms with Gasteiger partial charge in [0.15, 0.2) is 0 Å². The lowest BCUT2D eigenvalue weighted by molar-refractivity contribution is -0.143. The van der Waals surface area contributed by atoms with E-state index in [-0.39, 0.29) is 35.4 Å². The Balaban J connectivity index is 1.60. The molecule has 0 spiro atoms. The molecule has 1 aromatic heterocycles. The van der Waals surface area contributed by atoms with Crippen LogP contribution >= 0.6 is 11.3 Å². The van der Waals surface area contributed by atoms with E-state index >= 15 is 0 Å². The fraction of sp³-hybridized carbons (Fsp3) is 0.412. The molecule has 4 fully saturated rings. The fourth-order valence-electron chi connectivity index (χ4n) is 4.62. The Morgan fingerprint density at radius 1 is 1.09 bits per heavy atom.